The molecule has 0 aliphatic heterocycles. The van der Waals surface area contributed by atoms with Crippen LogP contribution in [0.4, 0.5) is 5.69 Å². The Kier molecular flexibility index (Phi) is 6.59. The van der Waals surface area contributed by atoms with Crippen LogP contribution in [-0.4, -0.2) is 23.9 Å². The number of amides is 2. The number of anilines is 1. The van der Waals surface area contributed by atoms with Gasteiger partial charge in [-0.2, -0.15) is 0 Å². The Morgan fingerprint density at radius 1 is 1.04 bits per heavy atom. The molecule has 5 nitrogen and oxygen atoms in total. The molecule has 0 radical (unpaired) electrons. The Labute approximate surface area is 138 Å². The highest BCUT2D eigenvalue weighted by molar-refractivity contribution is 5.96. The minimum Gasteiger partial charge on any atom is -0.366 e. The Morgan fingerprint density at radius 3 is 2.17 bits per heavy atom. The highest BCUT2D eigenvalue weighted by Crippen LogP contribution is 2.17. The Morgan fingerprint density at radius 2 is 1.61 bits per heavy atom. The highest BCUT2D eigenvalue weighted by Gasteiger charge is 2.18. The van der Waals surface area contributed by atoms with Gasteiger partial charge in [-0.1, -0.05) is 32.1 Å². The number of hydrogen-bond acceptors (Lipinski definition) is 3. The monoisotopic (exact) mass is 317 g/mol. The fraction of sp³-hybridized carbons (Fsp3) is 0.556. The molecule has 1 atom stereocenters. The van der Waals surface area contributed by atoms with Crippen LogP contribution in [0.25, 0.3) is 0 Å². The van der Waals surface area contributed by atoms with Crippen molar-refractivity contribution in [2.75, 3.05) is 5.32 Å². The predicted octanol–water partition coefficient (Wildman–Crippen LogP) is 2.82. The second kappa shape index (κ2) is 8.67. The first-order chi connectivity index (χ1) is 11.1. The molecule has 4 N–H and O–H groups in total. The third kappa shape index (κ3) is 5.67. The van der Waals surface area contributed by atoms with E-state index < -0.39 is 5.91 Å². The lowest BCUT2D eigenvalue weighted by Crippen LogP contribution is -2.44. The summed E-state index contributed by atoms with van der Waals surface area (Å²) in [7, 11) is 0. The standard InChI is InChI=1S/C18H27N3O2/c1-13(20-15-7-5-3-2-4-6-8-15)18(23)21-16-11-9-14(10-12-16)17(19)22/h9-13,15,20H,2-8H2,1H3,(H2,19,22)(H,21,23)/t13-/m1/s1. The van der Waals surface area contributed by atoms with Crippen molar-refractivity contribution in [1.82, 2.24) is 5.32 Å². The zero-order chi connectivity index (χ0) is 16.7. The summed E-state index contributed by atoms with van der Waals surface area (Å²) in [4.78, 5) is 23.3. The number of carbonyl (C=O) groups is 2. The average Bonchev–Trinajstić information content (AvgIpc) is 2.50. The predicted molar refractivity (Wildman–Crippen MR) is 92.3 cm³/mol. The van der Waals surface area contributed by atoms with Crippen LogP contribution >= 0.6 is 0 Å². The van der Waals surface area contributed by atoms with Crippen LogP contribution in [0.2, 0.25) is 0 Å². The van der Waals surface area contributed by atoms with Gasteiger partial charge in [0.15, 0.2) is 0 Å². The summed E-state index contributed by atoms with van der Waals surface area (Å²) in [5.74, 6) is -0.527. The molecule has 2 rings (SSSR count). The van der Waals surface area contributed by atoms with Crippen molar-refractivity contribution in [2.24, 2.45) is 5.73 Å². The highest BCUT2D eigenvalue weighted by atomic mass is 16.2. The Bertz CT molecular complexity index is 520. The minimum atomic E-state index is -0.470. The molecule has 1 aliphatic rings. The zero-order valence-electron chi connectivity index (χ0n) is 13.8. The Hall–Kier alpha value is -1.88. The quantitative estimate of drug-likeness (QED) is 0.780. The van der Waals surface area contributed by atoms with E-state index in [4.69, 9.17) is 5.73 Å². The van der Waals surface area contributed by atoms with E-state index in [2.05, 4.69) is 10.6 Å². The maximum Gasteiger partial charge on any atom is 0.248 e. The molecule has 1 aromatic carbocycles. The SMILES string of the molecule is C[C@@H](NC1CCCCCCC1)C(=O)Nc1ccc(C(N)=O)cc1. The van der Waals surface area contributed by atoms with Gasteiger partial charge >= 0.3 is 0 Å². The number of rotatable bonds is 5. The van der Waals surface area contributed by atoms with Gasteiger partial charge in [0.25, 0.3) is 0 Å². The number of nitrogens with two attached hydrogens (primary N) is 1. The number of hydrogen-bond donors (Lipinski definition) is 3. The molecule has 0 unspecified atom stereocenters. The van der Waals surface area contributed by atoms with Crippen LogP contribution in [0.3, 0.4) is 0 Å². The molecule has 23 heavy (non-hydrogen) atoms. The molecule has 1 saturated carbocycles. The van der Waals surface area contributed by atoms with Gasteiger partial charge in [-0.15, -0.1) is 0 Å². The number of carbonyl (C=O) groups excluding carboxylic acids is 2. The smallest absolute Gasteiger partial charge is 0.248 e. The second-order valence-corrected chi connectivity index (χ2v) is 6.36. The molecule has 0 spiro atoms. The molecular weight excluding hydrogens is 290 g/mol. The minimum absolute atomic E-state index is 0.0566. The number of primary amides is 1. The van der Waals surface area contributed by atoms with Crippen LogP contribution in [0.1, 0.15) is 62.2 Å². The van der Waals surface area contributed by atoms with Crippen LogP contribution in [0.5, 0.6) is 0 Å². The topological polar surface area (TPSA) is 84.2 Å². The van der Waals surface area contributed by atoms with Crippen LogP contribution in [-0.2, 0) is 4.79 Å². The van der Waals surface area contributed by atoms with Gasteiger partial charge < -0.3 is 16.4 Å². The maximum atomic E-state index is 12.3. The van der Waals surface area contributed by atoms with E-state index in [1.165, 1.54) is 32.1 Å². The van der Waals surface area contributed by atoms with Crippen molar-refractivity contribution in [1.29, 1.82) is 0 Å². The normalized spacial score (nSPS) is 17.8. The van der Waals surface area contributed by atoms with Gasteiger partial charge in [-0.3, -0.25) is 9.59 Å². The van der Waals surface area contributed by atoms with E-state index in [1.807, 2.05) is 6.92 Å². The van der Waals surface area contributed by atoms with Crippen molar-refractivity contribution < 1.29 is 9.59 Å². The van der Waals surface area contributed by atoms with E-state index in [9.17, 15) is 9.59 Å². The molecule has 0 saturated heterocycles. The average molecular weight is 317 g/mol. The van der Waals surface area contributed by atoms with E-state index in [0.717, 1.165) is 12.8 Å². The molecule has 0 heterocycles. The first-order valence-corrected chi connectivity index (χ1v) is 8.53. The summed E-state index contributed by atoms with van der Waals surface area (Å²) in [6.07, 6.45) is 8.69. The van der Waals surface area contributed by atoms with E-state index in [-0.39, 0.29) is 11.9 Å². The first kappa shape index (κ1) is 17.5. The third-order valence-electron chi connectivity index (χ3n) is 4.42. The molecular formula is C18H27N3O2. The van der Waals surface area contributed by atoms with Crippen LogP contribution < -0.4 is 16.4 Å². The summed E-state index contributed by atoms with van der Waals surface area (Å²) in [6.45, 7) is 1.89. The van der Waals surface area contributed by atoms with Gasteiger partial charge in [-0.05, 0) is 44.0 Å². The molecule has 0 bridgehead atoms. The Balaban J connectivity index is 1.84. The molecule has 126 valence electrons. The number of nitrogens with one attached hydrogen (secondary N) is 2. The first-order valence-electron chi connectivity index (χ1n) is 8.53. The van der Waals surface area contributed by atoms with Crippen molar-refractivity contribution in [2.45, 2.75) is 64.0 Å². The molecule has 5 heteroatoms. The van der Waals surface area contributed by atoms with Crippen molar-refractivity contribution >= 4 is 17.5 Å². The molecule has 1 fully saturated rings. The van der Waals surface area contributed by atoms with E-state index in [1.54, 1.807) is 24.3 Å². The maximum absolute atomic E-state index is 12.3. The summed E-state index contributed by atoms with van der Waals surface area (Å²) in [6, 6.07) is 6.81. The molecule has 0 aromatic heterocycles. The van der Waals surface area contributed by atoms with Crippen molar-refractivity contribution in [3.05, 3.63) is 29.8 Å². The fourth-order valence-corrected chi connectivity index (χ4v) is 3.02. The largest absolute Gasteiger partial charge is 0.366 e. The van der Waals surface area contributed by atoms with E-state index >= 15 is 0 Å². The van der Waals surface area contributed by atoms with Gasteiger partial charge in [-0.25, -0.2) is 0 Å². The van der Waals surface area contributed by atoms with Gasteiger partial charge in [0.2, 0.25) is 11.8 Å². The zero-order valence-corrected chi connectivity index (χ0v) is 13.8. The van der Waals surface area contributed by atoms with Crippen molar-refractivity contribution in [3.8, 4) is 0 Å². The summed E-state index contributed by atoms with van der Waals surface area (Å²) in [5.41, 5.74) is 6.31. The van der Waals surface area contributed by atoms with Gasteiger partial charge in [0, 0.05) is 17.3 Å². The third-order valence-corrected chi connectivity index (χ3v) is 4.42. The molecule has 2 amide bonds. The molecule has 1 aromatic rings. The van der Waals surface area contributed by atoms with Crippen molar-refractivity contribution in [3.63, 3.8) is 0 Å². The van der Waals surface area contributed by atoms with E-state index in [0.29, 0.717) is 17.3 Å². The van der Waals surface area contributed by atoms with Crippen LogP contribution in [0, 0.1) is 0 Å². The lowest BCUT2D eigenvalue weighted by atomic mass is 9.96. The lowest BCUT2D eigenvalue weighted by Gasteiger charge is -2.24. The molecule has 1 aliphatic carbocycles. The summed E-state index contributed by atoms with van der Waals surface area (Å²) < 4.78 is 0. The van der Waals surface area contributed by atoms with Gasteiger partial charge in [0.1, 0.15) is 0 Å². The number of benzene rings is 1. The van der Waals surface area contributed by atoms with Gasteiger partial charge in [0.05, 0.1) is 6.04 Å². The second-order valence-electron chi connectivity index (χ2n) is 6.36. The van der Waals surface area contributed by atoms with Crippen LogP contribution in [0.15, 0.2) is 24.3 Å². The lowest BCUT2D eigenvalue weighted by molar-refractivity contribution is -0.118. The fourth-order valence-electron chi connectivity index (χ4n) is 3.02. The summed E-state index contributed by atoms with van der Waals surface area (Å²) in [5, 5.41) is 6.32. The summed E-state index contributed by atoms with van der Waals surface area (Å²) >= 11 is 0.